The number of para-hydroxylation sites is 1. The van der Waals surface area contributed by atoms with Crippen molar-refractivity contribution in [2.45, 2.75) is 17.8 Å². The topological polar surface area (TPSA) is 35.0 Å². The molecule has 1 aliphatic heterocycles. The maximum Gasteiger partial charge on any atom is 0.160 e. The maximum atomic E-state index is 6.74. The number of nitrogens with zero attached hydrogens (tertiary/aromatic N) is 2. The van der Waals surface area contributed by atoms with Gasteiger partial charge in [-0.15, -0.1) is 0 Å². The van der Waals surface area contributed by atoms with Crippen LogP contribution in [0.25, 0.3) is 50.3 Å². The summed E-state index contributed by atoms with van der Waals surface area (Å²) in [4.78, 5) is 10.6. The second kappa shape index (κ2) is 13.0. The normalized spacial score (nSPS) is 15.6. The van der Waals surface area contributed by atoms with Gasteiger partial charge < -0.3 is 4.74 Å². The SMILES string of the molecule is C1=CC(c2ccccc2)CC=C1c1nc(-c2ccc(-c3ccccc3)cc2)cc(-c2ccc3c(c2)C2(c4ccccc4O3)c3ccccc3-c3ccccc32)n1. The smallest absolute Gasteiger partial charge is 0.160 e. The number of hydrogen-bond donors (Lipinski definition) is 0. The van der Waals surface area contributed by atoms with Gasteiger partial charge in [-0.3, -0.25) is 0 Å². The number of fused-ring (bicyclic) bond motifs is 9. The van der Waals surface area contributed by atoms with E-state index < -0.39 is 5.41 Å². The molecule has 0 radical (unpaired) electrons. The van der Waals surface area contributed by atoms with E-state index in [2.05, 4.69) is 200 Å². The van der Waals surface area contributed by atoms with E-state index in [0.29, 0.717) is 5.92 Å². The van der Waals surface area contributed by atoms with Crippen LogP contribution in [0.15, 0.2) is 200 Å². The van der Waals surface area contributed by atoms with E-state index in [1.165, 1.54) is 38.9 Å². The zero-order chi connectivity index (χ0) is 37.1. The molecular weight excluding hydrogens is 681 g/mol. The van der Waals surface area contributed by atoms with Crippen molar-refractivity contribution in [3.63, 3.8) is 0 Å². The standard InChI is InChI=1S/C53H36N2O/c1-3-13-35(14-4-1)37-23-27-39(28-24-37)48-34-49(55-52(54-48)40-29-25-38(26-30-40)36-15-5-2-6-16-36)41-31-32-51-47(33-41)53(46-21-11-12-22-50(46)56-51)44-19-9-7-17-42(44)43-18-8-10-20-45(43)53/h1-25,27-34,38H,26H2. The molecule has 3 nitrogen and oxygen atoms in total. The average Bonchev–Trinajstić information content (AvgIpc) is 3.57. The fourth-order valence-corrected chi connectivity index (χ4v) is 9.09. The van der Waals surface area contributed by atoms with Crippen molar-refractivity contribution in [3.8, 4) is 56.3 Å². The van der Waals surface area contributed by atoms with Crippen LogP contribution < -0.4 is 4.74 Å². The van der Waals surface area contributed by atoms with Gasteiger partial charge in [0.2, 0.25) is 0 Å². The van der Waals surface area contributed by atoms with Crippen molar-refractivity contribution in [2.24, 2.45) is 0 Å². The second-order valence-corrected chi connectivity index (χ2v) is 14.8. The molecule has 1 aromatic heterocycles. The van der Waals surface area contributed by atoms with Gasteiger partial charge in [0.25, 0.3) is 0 Å². The summed E-state index contributed by atoms with van der Waals surface area (Å²) < 4.78 is 6.74. The minimum atomic E-state index is -0.555. The first-order valence-electron chi connectivity index (χ1n) is 19.3. The molecule has 1 spiro atoms. The Balaban J connectivity index is 1.08. The van der Waals surface area contributed by atoms with Gasteiger partial charge in [0.05, 0.1) is 16.8 Å². The highest BCUT2D eigenvalue weighted by Gasteiger charge is 2.51. The molecule has 0 amide bonds. The van der Waals surface area contributed by atoms with Gasteiger partial charge >= 0.3 is 0 Å². The van der Waals surface area contributed by atoms with Gasteiger partial charge in [0.1, 0.15) is 11.5 Å². The summed E-state index contributed by atoms with van der Waals surface area (Å²) in [6.45, 7) is 0. The van der Waals surface area contributed by atoms with Crippen molar-refractivity contribution in [2.75, 3.05) is 0 Å². The van der Waals surface area contributed by atoms with Gasteiger partial charge in [-0.1, -0.05) is 170 Å². The first-order chi connectivity index (χ1) is 27.7. The highest BCUT2D eigenvalue weighted by atomic mass is 16.5. The van der Waals surface area contributed by atoms with Crippen LogP contribution in [0, 0.1) is 0 Å². The summed E-state index contributed by atoms with van der Waals surface area (Å²) in [7, 11) is 0. The molecule has 2 aliphatic carbocycles. The van der Waals surface area contributed by atoms with Gasteiger partial charge in [0, 0.05) is 33.7 Å². The number of rotatable bonds is 5. The van der Waals surface area contributed by atoms with Crippen LogP contribution in [0.4, 0.5) is 0 Å². The van der Waals surface area contributed by atoms with Crippen LogP contribution in [0.3, 0.4) is 0 Å². The lowest BCUT2D eigenvalue weighted by Crippen LogP contribution is -2.32. The van der Waals surface area contributed by atoms with Crippen molar-refractivity contribution in [1.82, 2.24) is 9.97 Å². The summed E-state index contributed by atoms with van der Waals surface area (Å²) in [5.41, 5.74) is 15.3. The summed E-state index contributed by atoms with van der Waals surface area (Å²) in [6.07, 6.45) is 7.67. The number of aromatic nitrogens is 2. The lowest BCUT2D eigenvalue weighted by atomic mass is 9.66. The molecule has 1 atom stereocenters. The molecule has 0 fully saturated rings. The fraction of sp³-hybridized carbons (Fsp3) is 0.0566. The number of allylic oxidation sites excluding steroid dienone is 4. The third-order valence-corrected chi connectivity index (χ3v) is 11.7. The van der Waals surface area contributed by atoms with Gasteiger partial charge in [-0.2, -0.15) is 0 Å². The molecular formula is C53H36N2O. The summed E-state index contributed by atoms with van der Waals surface area (Å²) in [6, 6.07) is 64.9. The summed E-state index contributed by atoms with van der Waals surface area (Å²) in [5.74, 6) is 2.78. The molecule has 7 aromatic carbocycles. The lowest BCUT2D eigenvalue weighted by Gasteiger charge is -2.39. The van der Waals surface area contributed by atoms with Gasteiger partial charge in [0.15, 0.2) is 5.82 Å². The minimum absolute atomic E-state index is 0.324. The van der Waals surface area contributed by atoms with E-state index in [0.717, 1.165) is 63.0 Å². The molecule has 2 heterocycles. The third-order valence-electron chi connectivity index (χ3n) is 11.7. The van der Waals surface area contributed by atoms with Crippen LogP contribution in [0.1, 0.15) is 46.0 Å². The number of benzene rings is 7. The Morgan fingerprint density at radius 3 is 1.71 bits per heavy atom. The Hall–Kier alpha value is -7.10. The van der Waals surface area contributed by atoms with Gasteiger partial charge in [-0.25, -0.2) is 9.97 Å². The Morgan fingerprint density at radius 1 is 0.464 bits per heavy atom. The van der Waals surface area contributed by atoms with E-state index >= 15 is 0 Å². The second-order valence-electron chi connectivity index (χ2n) is 14.8. The Labute approximate surface area is 327 Å². The first kappa shape index (κ1) is 32.3. The van der Waals surface area contributed by atoms with Gasteiger partial charge in [-0.05, 0) is 75.7 Å². The lowest BCUT2D eigenvalue weighted by molar-refractivity contribution is 0.436. The highest BCUT2D eigenvalue weighted by molar-refractivity contribution is 5.89. The fourth-order valence-electron chi connectivity index (χ4n) is 9.09. The molecule has 264 valence electrons. The molecule has 11 rings (SSSR count). The Morgan fingerprint density at radius 2 is 1.02 bits per heavy atom. The third kappa shape index (κ3) is 5.12. The van der Waals surface area contributed by atoms with E-state index in [1.807, 2.05) is 0 Å². The highest BCUT2D eigenvalue weighted by Crippen LogP contribution is 2.62. The quantitative estimate of drug-likeness (QED) is 0.178. The molecule has 56 heavy (non-hydrogen) atoms. The van der Waals surface area contributed by atoms with E-state index in [4.69, 9.17) is 14.7 Å². The molecule has 0 saturated carbocycles. The first-order valence-corrected chi connectivity index (χ1v) is 19.3. The average molecular weight is 717 g/mol. The van der Waals surface area contributed by atoms with Crippen LogP contribution in [-0.4, -0.2) is 9.97 Å². The van der Waals surface area contributed by atoms with Crippen molar-refractivity contribution in [3.05, 3.63) is 234 Å². The van der Waals surface area contributed by atoms with Crippen molar-refractivity contribution in [1.29, 1.82) is 0 Å². The largest absolute Gasteiger partial charge is 0.457 e. The Kier molecular flexibility index (Phi) is 7.53. The number of hydrogen-bond acceptors (Lipinski definition) is 3. The predicted octanol–water partition coefficient (Wildman–Crippen LogP) is 13.1. The van der Waals surface area contributed by atoms with E-state index in [1.54, 1.807) is 0 Å². The maximum absolute atomic E-state index is 6.74. The molecule has 0 saturated heterocycles. The van der Waals surface area contributed by atoms with E-state index in [9.17, 15) is 0 Å². The molecule has 0 bridgehead atoms. The van der Waals surface area contributed by atoms with Crippen LogP contribution in [0.5, 0.6) is 11.5 Å². The minimum Gasteiger partial charge on any atom is -0.457 e. The zero-order valence-electron chi connectivity index (χ0n) is 30.6. The van der Waals surface area contributed by atoms with E-state index in [-0.39, 0.29) is 0 Å². The summed E-state index contributed by atoms with van der Waals surface area (Å²) >= 11 is 0. The molecule has 8 aromatic rings. The zero-order valence-corrected chi connectivity index (χ0v) is 30.6. The van der Waals surface area contributed by atoms with Crippen molar-refractivity contribution >= 4 is 5.57 Å². The van der Waals surface area contributed by atoms with Crippen molar-refractivity contribution < 1.29 is 4.74 Å². The molecule has 0 N–H and O–H groups in total. The van der Waals surface area contributed by atoms with Crippen LogP contribution in [0.2, 0.25) is 0 Å². The van der Waals surface area contributed by atoms with Crippen LogP contribution >= 0.6 is 0 Å². The monoisotopic (exact) mass is 716 g/mol. The molecule has 3 aliphatic rings. The Bertz CT molecular complexity index is 2810. The van der Waals surface area contributed by atoms with Crippen LogP contribution in [-0.2, 0) is 5.41 Å². The predicted molar refractivity (Wildman–Crippen MR) is 227 cm³/mol. The molecule has 3 heteroatoms. The molecule has 1 unspecified atom stereocenters. The number of ether oxygens (including phenoxy) is 1. The summed E-state index contributed by atoms with van der Waals surface area (Å²) in [5, 5.41) is 0.